The van der Waals surface area contributed by atoms with Crippen LogP contribution < -0.4 is 0 Å². The van der Waals surface area contributed by atoms with Crippen molar-refractivity contribution in [3.8, 4) is 17.1 Å². The Hall–Kier alpha value is -2.79. The summed E-state index contributed by atoms with van der Waals surface area (Å²) in [5, 5.41) is 10.2. The monoisotopic (exact) mass is 332 g/mol. The lowest BCUT2D eigenvalue weighted by atomic mass is 10.0. The van der Waals surface area contributed by atoms with Gasteiger partial charge in [0, 0.05) is 61.3 Å². The van der Waals surface area contributed by atoms with Crippen LogP contribution in [0.2, 0.25) is 0 Å². The summed E-state index contributed by atoms with van der Waals surface area (Å²) >= 11 is 0. The van der Waals surface area contributed by atoms with Crippen LogP contribution in [0.1, 0.15) is 22.4 Å². The van der Waals surface area contributed by atoms with Crippen LogP contribution >= 0.6 is 0 Å². The molecule has 0 atom stereocenters. The summed E-state index contributed by atoms with van der Waals surface area (Å²) in [6, 6.07) is 9.78. The second-order valence-electron chi connectivity index (χ2n) is 6.45. The van der Waals surface area contributed by atoms with Crippen molar-refractivity contribution in [2.45, 2.75) is 26.4 Å². The molecule has 0 amide bonds. The van der Waals surface area contributed by atoms with E-state index in [2.05, 4.69) is 14.9 Å². The van der Waals surface area contributed by atoms with Crippen LogP contribution in [-0.2, 0) is 19.5 Å². The number of pyridine rings is 1. The van der Waals surface area contributed by atoms with Gasteiger partial charge in [-0.05, 0) is 24.6 Å². The van der Waals surface area contributed by atoms with Crippen LogP contribution in [0.4, 0.5) is 0 Å². The summed E-state index contributed by atoms with van der Waals surface area (Å²) < 4.78 is 0. The highest BCUT2D eigenvalue weighted by atomic mass is 16.3. The van der Waals surface area contributed by atoms with Crippen LogP contribution in [-0.4, -0.2) is 31.5 Å². The number of aromatic nitrogens is 3. The Labute approximate surface area is 147 Å². The molecular weight excluding hydrogens is 312 g/mol. The highest BCUT2D eigenvalue weighted by molar-refractivity contribution is 5.53. The fraction of sp³-hybridized carbons (Fsp3) is 0.250. The number of phenolic OH excluding ortho intramolecular Hbond substituents is 1. The number of benzene rings is 1. The topological polar surface area (TPSA) is 62.1 Å². The van der Waals surface area contributed by atoms with E-state index in [1.54, 1.807) is 12.4 Å². The molecule has 0 unspecified atom stereocenters. The Morgan fingerprint density at radius 3 is 2.92 bits per heavy atom. The van der Waals surface area contributed by atoms with Gasteiger partial charge in [0.25, 0.3) is 0 Å². The van der Waals surface area contributed by atoms with E-state index in [1.807, 2.05) is 43.5 Å². The highest BCUT2D eigenvalue weighted by Crippen LogP contribution is 2.26. The van der Waals surface area contributed by atoms with Gasteiger partial charge in [0.2, 0.25) is 0 Å². The molecule has 0 aliphatic carbocycles. The van der Waals surface area contributed by atoms with Crippen molar-refractivity contribution in [1.82, 2.24) is 19.9 Å². The Morgan fingerprint density at radius 1 is 1.16 bits per heavy atom. The van der Waals surface area contributed by atoms with E-state index in [-0.39, 0.29) is 0 Å². The molecule has 1 aromatic carbocycles. The van der Waals surface area contributed by atoms with Crippen molar-refractivity contribution in [3.63, 3.8) is 0 Å². The Kier molecular flexibility index (Phi) is 4.15. The molecule has 0 fully saturated rings. The predicted octanol–water partition coefficient (Wildman–Crippen LogP) is 3.11. The molecule has 0 radical (unpaired) electrons. The van der Waals surface area contributed by atoms with Crippen molar-refractivity contribution in [2.24, 2.45) is 0 Å². The minimum atomic E-state index is 0.400. The average Bonchev–Trinajstić information content (AvgIpc) is 2.66. The van der Waals surface area contributed by atoms with Gasteiger partial charge >= 0.3 is 0 Å². The molecular formula is C20H20N4O. The van der Waals surface area contributed by atoms with E-state index >= 15 is 0 Å². The van der Waals surface area contributed by atoms with Gasteiger partial charge in [-0.15, -0.1) is 0 Å². The number of para-hydroxylation sites is 1. The molecule has 25 heavy (non-hydrogen) atoms. The normalized spacial score (nSPS) is 14.3. The summed E-state index contributed by atoms with van der Waals surface area (Å²) in [4.78, 5) is 15.7. The number of aryl methyl sites for hydroxylation is 1. The molecule has 0 saturated carbocycles. The van der Waals surface area contributed by atoms with Crippen molar-refractivity contribution < 1.29 is 5.11 Å². The second-order valence-corrected chi connectivity index (χ2v) is 6.45. The van der Waals surface area contributed by atoms with Crippen LogP contribution in [0.25, 0.3) is 11.4 Å². The quantitative estimate of drug-likeness (QED) is 0.798. The molecule has 1 aliphatic heterocycles. The summed E-state index contributed by atoms with van der Waals surface area (Å²) in [5.41, 5.74) is 5.10. The zero-order chi connectivity index (χ0) is 17.2. The first-order valence-corrected chi connectivity index (χ1v) is 8.46. The molecule has 0 saturated heterocycles. The molecule has 1 N–H and O–H groups in total. The standard InChI is InChI=1S/C20H20N4O/c1-14-4-2-5-16(19(14)25)12-24-9-7-18-17(13-24)11-22-20(23-18)15-6-3-8-21-10-15/h2-6,8,10-11,25H,7,9,12-13H2,1H3. The van der Waals surface area contributed by atoms with Gasteiger partial charge < -0.3 is 5.11 Å². The third kappa shape index (κ3) is 3.23. The van der Waals surface area contributed by atoms with E-state index in [1.165, 1.54) is 0 Å². The van der Waals surface area contributed by atoms with E-state index < -0.39 is 0 Å². The number of fused-ring (bicyclic) bond motifs is 1. The lowest BCUT2D eigenvalue weighted by Gasteiger charge is -2.28. The van der Waals surface area contributed by atoms with E-state index in [9.17, 15) is 5.11 Å². The number of rotatable bonds is 3. The van der Waals surface area contributed by atoms with Crippen molar-refractivity contribution in [2.75, 3.05) is 6.54 Å². The number of nitrogens with zero attached hydrogens (tertiary/aromatic N) is 4. The van der Waals surface area contributed by atoms with Gasteiger partial charge in [0.1, 0.15) is 5.75 Å². The number of aromatic hydroxyl groups is 1. The fourth-order valence-corrected chi connectivity index (χ4v) is 3.23. The van der Waals surface area contributed by atoms with Gasteiger partial charge in [0.05, 0.1) is 5.69 Å². The van der Waals surface area contributed by atoms with Crippen molar-refractivity contribution in [3.05, 3.63) is 71.3 Å². The minimum Gasteiger partial charge on any atom is -0.507 e. The first-order chi connectivity index (χ1) is 12.2. The van der Waals surface area contributed by atoms with Gasteiger partial charge in [-0.25, -0.2) is 9.97 Å². The lowest BCUT2D eigenvalue weighted by Crippen LogP contribution is -2.31. The van der Waals surface area contributed by atoms with Crippen molar-refractivity contribution >= 4 is 0 Å². The molecule has 5 heteroatoms. The third-order valence-corrected chi connectivity index (χ3v) is 4.65. The summed E-state index contributed by atoms with van der Waals surface area (Å²) in [7, 11) is 0. The molecule has 0 spiro atoms. The first-order valence-electron chi connectivity index (χ1n) is 8.46. The van der Waals surface area contributed by atoms with Crippen LogP contribution in [0, 0.1) is 6.92 Å². The minimum absolute atomic E-state index is 0.400. The number of phenols is 1. The predicted molar refractivity (Wildman–Crippen MR) is 95.9 cm³/mol. The maximum Gasteiger partial charge on any atom is 0.160 e. The maximum absolute atomic E-state index is 10.2. The lowest BCUT2D eigenvalue weighted by molar-refractivity contribution is 0.239. The molecule has 2 aromatic heterocycles. The second kappa shape index (κ2) is 6.61. The Bertz CT molecular complexity index is 895. The van der Waals surface area contributed by atoms with Gasteiger partial charge in [0.15, 0.2) is 5.82 Å². The zero-order valence-corrected chi connectivity index (χ0v) is 14.2. The van der Waals surface area contributed by atoms with Gasteiger partial charge in [-0.2, -0.15) is 0 Å². The highest BCUT2D eigenvalue weighted by Gasteiger charge is 2.20. The SMILES string of the molecule is Cc1cccc(CN2CCc3nc(-c4cccnc4)ncc3C2)c1O. The van der Waals surface area contributed by atoms with Crippen molar-refractivity contribution in [1.29, 1.82) is 0 Å². The molecule has 5 nitrogen and oxygen atoms in total. The van der Waals surface area contributed by atoms with Gasteiger partial charge in [-0.3, -0.25) is 9.88 Å². The van der Waals surface area contributed by atoms with E-state index in [4.69, 9.17) is 4.98 Å². The smallest absolute Gasteiger partial charge is 0.160 e. The van der Waals surface area contributed by atoms with Crippen LogP contribution in [0.3, 0.4) is 0 Å². The maximum atomic E-state index is 10.2. The first kappa shape index (κ1) is 15.7. The summed E-state index contributed by atoms with van der Waals surface area (Å²) in [5.74, 6) is 1.13. The van der Waals surface area contributed by atoms with Gasteiger partial charge in [-0.1, -0.05) is 18.2 Å². The van der Waals surface area contributed by atoms with Crippen LogP contribution in [0.5, 0.6) is 5.75 Å². The molecule has 3 heterocycles. The molecule has 4 rings (SSSR count). The third-order valence-electron chi connectivity index (χ3n) is 4.65. The molecule has 0 bridgehead atoms. The largest absolute Gasteiger partial charge is 0.507 e. The molecule has 126 valence electrons. The van der Waals surface area contributed by atoms with E-state index in [0.29, 0.717) is 5.75 Å². The summed E-state index contributed by atoms with van der Waals surface area (Å²) in [6.07, 6.45) is 6.35. The molecule has 1 aliphatic rings. The zero-order valence-electron chi connectivity index (χ0n) is 14.2. The van der Waals surface area contributed by atoms with E-state index in [0.717, 1.165) is 59.8 Å². The number of hydrogen-bond acceptors (Lipinski definition) is 5. The fourth-order valence-electron chi connectivity index (χ4n) is 3.23. The molecule has 3 aromatic rings. The average molecular weight is 332 g/mol. The Morgan fingerprint density at radius 2 is 2.08 bits per heavy atom. The number of hydrogen-bond donors (Lipinski definition) is 1. The van der Waals surface area contributed by atoms with Crippen LogP contribution in [0.15, 0.2) is 48.9 Å². The summed E-state index contributed by atoms with van der Waals surface area (Å²) in [6.45, 7) is 4.38. The Balaban J connectivity index is 1.53.